The summed E-state index contributed by atoms with van der Waals surface area (Å²) in [5.41, 5.74) is 6.50. The lowest BCUT2D eigenvalue weighted by Crippen LogP contribution is -2.27. The number of anilines is 1. The molecule has 0 radical (unpaired) electrons. The molecule has 0 unspecified atom stereocenters. The van der Waals surface area contributed by atoms with Crippen molar-refractivity contribution in [1.29, 1.82) is 0 Å². The van der Waals surface area contributed by atoms with Crippen LogP contribution >= 0.6 is 11.6 Å². The third-order valence-corrected chi connectivity index (χ3v) is 3.48. The maximum absolute atomic E-state index is 12.1. The van der Waals surface area contributed by atoms with Crippen LogP contribution in [0.1, 0.15) is 40.2 Å². The number of esters is 1. The number of nitrogen functional groups attached to an aromatic ring is 1. The minimum Gasteiger partial charge on any atom is -0.457 e. The number of hydrogen-bond acceptors (Lipinski definition) is 4. The average Bonchev–Trinajstić information content (AvgIpc) is 2.37. The van der Waals surface area contributed by atoms with Crippen molar-refractivity contribution in [2.75, 3.05) is 12.8 Å². The number of hydrogen-bond donors (Lipinski definition) is 1. The first-order valence-corrected chi connectivity index (χ1v) is 7.40. The normalized spacial score (nSPS) is 13.1. The SMILES string of the molecule is COC(C)(C)/C(=C\C(=O)OC(C)(C)C)c1ccc(Cl)c(N)c1. The summed E-state index contributed by atoms with van der Waals surface area (Å²) in [7, 11) is 1.59. The number of rotatable bonds is 4. The lowest BCUT2D eigenvalue weighted by atomic mass is 9.90. The highest BCUT2D eigenvalue weighted by Gasteiger charge is 2.26. The maximum atomic E-state index is 12.1. The molecule has 22 heavy (non-hydrogen) atoms. The molecule has 0 aliphatic rings. The van der Waals surface area contributed by atoms with E-state index in [-0.39, 0.29) is 0 Å². The summed E-state index contributed by atoms with van der Waals surface area (Å²) in [5.74, 6) is -0.429. The standard InChI is InChI=1S/C17H24ClNO3/c1-16(2,3)22-15(20)10-12(17(4,5)21-6)11-7-8-13(18)14(19)9-11/h7-10H,19H2,1-6H3/b12-10-. The van der Waals surface area contributed by atoms with Crippen LogP contribution in [0.15, 0.2) is 24.3 Å². The number of halogens is 1. The smallest absolute Gasteiger partial charge is 0.331 e. The van der Waals surface area contributed by atoms with Gasteiger partial charge in [0, 0.05) is 13.2 Å². The van der Waals surface area contributed by atoms with Crippen molar-refractivity contribution in [1.82, 2.24) is 0 Å². The van der Waals surface area contributed by atoms with Gasteiger partial charge in [-0.05, 0) is 57.9 Å². The molecule has 5 heteroatoms. The van der Waals surface area contributed by atoms with Crippen LogP contribution in [0.2, 0.25) is 5.02 Å². The van der Waals surface area contributed by atoms with Crippen molar-refractivity contribution in [2.45, 2.75) is 45.8 Å². The number of nitrogens with two attached hydrogens (primary N) is 1. The van der Waals surface area contributed by atoms with E-state index in [4.69, 9.17) is 26.8 Å². The van der Waals surface area contributed by atoms with Gasteiger partial charge in [0.2, 0.25) is 0 Å². The van der Waals surface area contributed by atoms with Gasteiger partial charge in [0.05, 0.1) is 16.3 Å². The Bertz CT molecular complexity index is 586. The van der Waals surface area contributed by atoms with Gasteiger partial charge in [0.25, 0.3) is 0 Å². The maximum Gasteiger partial charge on any atom is 0.331 e. The van der Waals surface area contributed by atoms with E-state index in [9.17, 15) is 4.79 Å². The molecular weight excluding hydrogens is 302 g/mol. The molecule has 4 nitrogen and oxygen atoms in total. The van der Waals surface area contributed by atoms with Gasteiger partial charge in [-0.15, -0.1) is 0 Å². The van der Waals surface area contributed by atoms with Crippen molar-refractivity contribution in [3.8, 4) is 0 Å². The summed E-state index contributed by atoms with van der Waals surface area (Å²) in [6.07, 6.45) is 1.44. The fraction of sp³-hybridized carbons (Fsp3) is 0.471. The topological polar surface area (TPSA) is 61.5 Å². The molecule has 1 aromatic carbocycles. The second-order valence-corrected chi connectivity index (χ2v) is 6.95. The van der Waals surface area contributed by atoms with Crippen molar-refractivity contribution in [3.63, 3.8) is 0 Å². The molecule has 1 aromatic rings. The van der Waals surface area contributed by atoms with E-state index in [1.54, 1.807) is 25.3 Å². The number of ether oxygens (including phenoxy) is 2. The Morgan fingerprint density at radius 1 is 1.23 bits per heavy atom. The van der Waals surface area contributed by atoms with Crippen molar-refractivity contribution in [2.24, 2.45) is 0 Å². The van der Waals surface area contributed by atoms with Crippen LogP contribution < -0.4 is 5.73 Å². The van der Waals surface area contributed by atoms with Gasteiger partial charge in [-0.2, -0.15) is 0 Å². The summed E-state index contributed by atoms with van der Waals surface area (Å²) >= 11 is 5.96. The van der Waals surface area contributed by atoms with Crippen LogP contribution in [0.5, 0.6) is 0 Å². The average molecular weight is 326 g/mol. The summed E-state index contributed by atoms with van der Waals surface area (Å²) in [6, 6.07) is 5.22. The second kappa shape index (κ2) is 6.71. The third kappa shape index (κ3) is 5.04. The first-order chi connectivity index (χ1) is 9.96. The summed E-state index contributed by atoms with van der Waals surface area (Å²) in [4.78, 5) is 12.1. The Kier molecular flexibility index (Phi) is 5.65. The molecule has 2 N–H and O–H groups in total. The first-order valence-electron chi connectivity index (χ1n) is 7.02. The highest BCUT2D eigenvalue weighted by molar-refractivity contribution is 6.33. The zero-order valence-electron chi connectivity index (χ0n) is 14.0. The molecule has 0 spiro atoms. The largest absolute Gasteiger partial charge is 0.457 e. The van der Waals surface area contributed by atoms with E-state index in [1.165, 1.54) is 6.08 Å². The lowest BCUT2D eigenvalue weighted by molar-refractivity contribution is -0.148. The molecule has 0 aromatic heterocycles. The predicted molar refractivity (Wildman–Crippen MR) is 90.8 cm³/mol. The minimum absolute atomic E-state index is 0.429. The molecule has 0 saturated heterocycles. The van der Waals surface area contributed by atoms with Crippen LogP contribution in [0.4, 0.5) is 5.69 Å². The van der Waals surface area contributed by atoms with Crippen LogP contribution in [0, 0.1) is 0 Å². The zero-order chi connectivity index (χ0) is 17.1. The predicted octanol–water partition coefficient (Wildman–Crippen LogP) is 4.07. The minimum atomic E-state index is -0.683. The van der Waals surface area contributed by atoms with Crippen molar-refractivity contribution in [3.05, 3.63) is 34.9 Å². The molecular formula is C17H24ClNO3. The van der Waals surface area contributed by atoms with Crippen molar-refractivity contribution >= 4 is 28.8 Å². The molecule has 0 aliphatic carbocycles. The van der Waals surface area contributed by atoms with Crippen LogP contribution in [-0.2, 0) is 14.3 Å². The Balaban J connectivity index is 3.30. The molecule has 0 heterocycles. The van der Waals surface area contributed by atoms with Gasteiger partial charge in [-0.25, -0.2) is 4.79 Å². The Morgan fingerprint density at radius 3 is 2.27 bits per heavy atom. The Morgan fingerprint density at radius 2 is 1.82 bits per heavy atom. The van der Waals surface area contributed by atoms with Gasteiger partial charge in [0.15, 0.2) is 0 Å². The number of methoxy groups -OCH3 is 1. The third-order valence-electron chi connectivity index (χ3n) is 3.13. The number of carbonyl (C=O) groups excluding carboxylic acids is 1. The number of carbonyl (C=O) groups is 1. The van der Waals surface area contributed by atoms with Gasteiger partial charge in [-0.3, -0.25) is 0 Å². The van der Waals surface area contributed by atoms with Crippen molar-refractivity contribution < 1.29 is 14.3 Å². The molecule has 0 aliphatic heterocycles. The quantitative estimate of drug-likeness (QED) is 0.515. The van der Waals surface area contributed by atoms with E-state index in [0.717, 1.165) is 5.56 Å². The van der Waals surface area contributed by atoms with Crippen LogP contribution in [0.25, 0.3) is 5.57 Å². The molecule has 0 amide bonds. The fourth-order valence-corrected chi connectivity index (χ4v) is 1.99. The summed E-state index contributed by atoms with van der Waals surface area (Å²) in [6.45, 7) is 9.20. The van der Waals surface area contributed by atoms with Gasteiger partial charge < -0.3 is 15.2 Å². The Labute approximate surface area is 137 Å². The highest BCUT2D eigenvalue weighted by Crippen LogP contribution is 2.33. The second-order valence-electron chi connectivity index (χ2n) is 6.54. The van der Waals surface area contributed by atoms with E-state index in [0.29, 0.717) is 16.3 Å². The van der Waals surface area contributed by atoms with E-state index in [2.05, 4.69) is 0 Å². The molecule has 1 rings (SSSR count). The molecule has 0 saturated carbocycles. The lowest BCUT2D eigenvalue weighted by Gasteiger charge is -2.28. The van der Waals surface area contributed by atoms with Gasteiger partial charge in [-0.1, -0.05) is 17.7 Å². The zero-order valence-corrected chi connectivity index (χ0v) is 14.7. The van der Waals surface area contributed by atoms with E-state index < -0.39 is 17.2 Å². The molecule has 0 fully saturated rings. The monoisotopic (exact) mass is 325 g/mol. The van der Waals surface area contributed by atoms with Gasteiger partial charge in [0.1, 0.15) is 5.60 Å². The molecule has 0 atom stereocenters. The summed E-state index contributed by atoms with van der Waals surface area (Å²) < 4.78 is 10.9. The highest BCUT2D eigenvalue weighted by atomic mass is 35.5. The molecule has 122 valence electrons. The van der Waals surface area contributed by atoms with Crippen LogP contribution in [-0.4, -0.2) is 24.3 Å². The Hall–Kier alpha value is -1.52. The fourth-order valence-electron chi connectivity index (χ4n) is 1.88. The molecule has 0 bridgehead atoms. The summed E-state index contributed by atoms with van der Waals surface area (Å²) in [5, 5.41) is 0.468. The number of benzene rings is 1. The van der Waals surface area contributed by atoms with E-state index in [1.807, 2.05) is 34.6 Å². The van der Waals surface area contributed by atoms with Crippen LogP contribution in [0.3, 0.4) is 0 Å². The first kappa shape index (κ1) is 18.5. The van der Waals surface area contributed by atoms with Gasteiger partial charge >= 0.3 is 5.97 Å². The van der Waals surface area contributed by atoms with E-state index >= 15 is 0 Å².